The van der Waals surface area contributed by atoms with Crippen molar-refractivity contribution in [3.05, 3.63) is 107 Å². The number of hydrogen-bond donors (Lipinski definition) is 2. The summed E-state index contributed by atoms with van der Waals surface area (Å²) in [5, 5.41) is 5.57. The minimum absolute atomic E-state index is 0.126. The number of carbonyl (C=O) groups is 3. The Kier molecular flexibility index (Phi) is 6.59. The van der Waals surface area contributed by atoms with E-state index in [4.69, 9.17) is 0 Å². The lowest BCUT2D eigenvalue weighted by atomic mass is 10.0. The molecule has 1 heterocycles. The van der Waals surface area contributed by atoms with Gasteiger partial charge in [0.2, 0.25) is 0 Å². The van der Waals surface area contributed by atoms with Gasteiger partial charge in [-0.1, -0.05) is 54.6 Å². The van der Waals surface area contributed by atoms with Crippen LogP contribution in [0.2, 0.25) is 0 Å². The van der Waals surface area contributed by atoms with Gasteiger partial charge < -0.3 is 5.32 Å². The van der Waals surface area contributed by atoms with Gasteiger partial charge in [-0.05, 0) is 61.4 Å². The largest absolute Gasteiger partial charge is 0.326 e. The van der Waals surface area contributed by atoms with Crippen LogP contribution in [-0.2, 0) is 0 Å². The predicted molar refractivity (Wildman–Crippen MR) is 135 cm³/mol. The molecule has 1 aromatic heterocycles. The van der Waals surface area contributed by atoms with Gasteiger partial charge in [-0.15, -0.1) is 0 Å². The molecule has 0 saturated heterocycles. The lowest BCUT2D eigenvalue weighted by Crippen LogP contribution is -2.34. The number of urea groups is 1. The Morgan fingerprint density at radius 1 is 0.853 bits per heavy atom. The van der Waals surface area contributed by atoms with Crippen molar-refractivity contribution in [1.29, 1.82) is 0 Å². The molecule has 0 saturated carbocycles. The van der Waals surface area contributed by atoms with Crippen LogP contribution in [0.4, 0.5) is 10.5 Å². The summed E-state index contributed by atoms with van der Waals surface area (Å²) in [6.07, 6.45) is 3.70. The maximum absolute atomic E-state index is 13.1. The molecule has 0 radical (unpaired) electrons. The van der Waals surface area contributed by atoms with Crippen LogP contribution in [0.3, 0.4) is 0 Å². The fraction of sp³-hybridized carbons (Fsp3) is 0.0714. The molecule has 3 aromatic carbocycles. The maximum atomic E-state index is 13.1. The van der Waals surface area contributed by atoms with Gasteiger partial charge in [-0.2, -0.15) is 0 Å². The Morgan fingerprint density at radius 2 is 1.59 bits per heavy atom. The number of pyridine rings is 1. The molecule has 0 aliphatic carbocycles. The molecule has 0 aliphatic heterocycles. The zero-order valence-electron chi connectivity index (χ0n) is 18.8. The number of para-hydroxylation sites is 1. The number of aromatic nitrogens is 1. The van der Waals surface area contributed by atoms with Crippen molar-refractivity contribution in [1.82, 2.24) is 10.3 Å². The predicted octanol–water partition coefficient (Wildman–Crippen LogP) is 5.88. The third-order valence-electron chi connectivity index (χ3n) is 5.35. The Morgan fingerprint density at radius 3 is 2.32 bits per heavy atom. The number of fused-ring (bicyclic) bond motifs is 1. The Hall–Kier alpha value is -4.58. The van der Waals surface area contributed by atoms with Crippen molar-refractivity contribution in [2.24, 2.45) is 0 Å². The molecule has 0 fully saturated rings. The van der Waals surface area contributed by atoms with Crippen LogP contribution in [0.15, 0.2) is 78.9 Å². The number of hydrogen-bond acceptors (Lipinski definition) is 4. The molecule has 4 aromatic rings. The zero-order valence-corrected chi connectivity index (χ0v) is 18.8. The minimum Gasteiger partial charge on any atom is -0.307 e. The van der Waals surface area contributed by atoms with Crippen molar-refractivity contribution in [2.75, 3.05) is 5.32 Å². The molecular formula is C28H23N3O3. The van der Waals surface area contributed by atoms with Crippen LogP contribution in [-0.4, -0.2) is 22.7 Å². The van der Waals surface area contributed by atoms with Crippen molar-refractivity contribution < 1.29 is 14.4 Å². The molecule has 0 atom stereocenters. The van der Waals surface area contributed by atoms with Crippen LogP contribution in [0.5, 0.6) is 0 Å². The summed E-state index contributed by atoms with van der Waals surface area (Å²) in [6, 6.07) is 23.0. The molecule has 6 heteroatoms. The summed E-state index contributed by atoms with van der Waals surface area (Å²) < 4.78 is 0. The molecule has 0 bridgehead atoms. The van der Waals surface area contributed by atoms with E-state index in [0.717, 1.165) is 11.1 Å². The summed E-state index contributed by atoms with van der Waals surface area (Å²) in [5.41, 5.74) is 4.28. The molecule has 168 valence electrons. The SMILES string of the molecule is CC(=O)c1ccc2nc(/C=C/c3ccccc3)cc(C(=O)NC(=O)Nc3ccccc3C)c2c1. The second-order valence-electron chi connectivity index (χ2n) is 7.85. The van der Waals surface area contributed by atoms with Gasteiger partial charge >= 0.3 is 6.03 Å². The molecule has 3 amide bonds. The highest BCUT2D eigenvalue weighted by Crippen LogP contribution is 2.22. The molecule has 0 aliphatic rings. The quantitative estimate of drug-likeness (QED) is 0.373. The van der Waals surface area contributed by atoms with E-state index in [2.05, 4.69) is 15.6 Å². The minimum atomic E-state index is -0.645. The highest BCUT2D eigenvalue weighted by molar-refractivity contribution is 6.14. The monoisotopic (exact) mass is 449 g/mol. The Balaban J connectivity index is 1.69. The Bertz CT molecular complexity index is 1430. The number of aryl methyl sites for hydroxylation is 1. The van der Waals surface area contributed by atoms with E-state index in [0.29, 0.717) is 27.8 Å². The number of ketones is 1. The van der Waals surface area contributed by atoms with Gasteiger partial charge in [0, 0.05) is 16.6 Å². The molecule has 4 rings (SSSR count). The maximum Gasteiger partial charge on any atom is 0.326 e. The van der Waals surface area contributed by atoms with Crippen LogP contribution < -0.4 is 10.6 Å². The van der Waals surface area contributed by atoms with Gasteiger partial charge in [0.1, 0.15) is 0 Å². The van der Waals surface area contributed by atoms with E-state index in [1.807, 2.05) is 55.5 Å². The lowest BCUT2D eigenvalue weighted by molar-refractivity contribution is 0.0966. The van der Waals surface area contributed by atoms with Gasteiger partial charge in [0.25, 0.3) is 5.91 Å². The van der Waals surface area contributed by atoms with E-state index < -0.39 is 11.9 Å². The topological polar surface area (TPSA) is 88.2 Å². The number of amides is 3. The number of nitrogens with zero attached hydrogens (tertiary/aromatic N) is 1. The van der Waals surface area contributed by atoms with Crippen molar-refractivity contribution in [3.63, 3.8) is 0 Å². The first kappa shape index (κ1) is 22.6. The smallest absolute Gasteiger partial charge is 0.307 e. The molecule has 6 nitrogen and oxygen atoms in total. The molecule has 0 unspecified atom stereocenters. The van der Waals surface area contributed by atoms with Gasteiger partial charge in [-0.25, -0.2) is 9.78 Å². The van der Waals surface area contributed by atoms with E-state index in [-0.39, 0.29) is 11.3 Å². The number of benzene rings is 3. The third-order valence-corrected chi connectivity index (χ3v) is 5.35. The molecular weight excluding hydrogens is 426 g/mol. The second-order valence-corrected chi connectivity index (χ2v) is 7.85. The van der Waals surface area contributed by atoms with E-state index >= 15 is 0 Å². The lowest BCUT2D eigenvalue weighted by Gasteiger charge is -2.11. The van der Waals surface area contributed by atoms with Gasteiger partial charge in [0.15, 0.2) is 5.78 Å². The van der Waals surface area contributed by atoms with E-state index in [1.165, 1.54) is 6.92 Å². The van der Waals surface area contributed by atoms with E-state index in [1.54, 1.807) is 42.5 Å². The number of anilines is 1. The molecule has 2 N–H and O–H groups in total. The van der Waals surface area contributed by atoms with Crippen molar-refractivity contribution >= 4 is 46.5 Å². The fourth-order valence-electron chi connectivity index (χ4n) is 3.52. The highest BCUT2D eigenvalue weighted by atomic mass is 16.2. The van der Waals surface area contributed by atoms with Crippen LogP contribution >= 0.6 is 0 Å². The normalized spacial score (nSPS) is 10.9. The van der Waals surface area contributed by atoms with Gasteiger partial charge in [0.05, 0.1) is 16.8 Å². The summed E-state index contributed by atoms with van der Waals surface area (Å²) in [7, 11) is 0. The first-order chi connectivity index (χ1) is 16.4. The average Bonchev–Trinajstić information content (AvgIpc) is 2.83. The van der Waals surface area contributed by atoms with Crippen molar-refractivity contribution in [3.8, 4) is 0 Å². The second kappa shape index (κ2) is 9.92. The van der Waals surface area contributed by atoms with Crippen LogP contribution in [0.25, 0.3) is 23.1 Å². The number of rotatable bonds is 5. The molecule has 0 spiro atoms. The molecule has 34 heavy (non-hydrogen) atoms. The van der Waals surface area contributed by atoms with E-state index in [9.17, 15) is 14.4 Å². The van der Waals surface area contributed by atoms with Crippen LogP contribution in [0.1, 0.15) is 44.5 Å². The average molecular weight is 450 g/mol. The zero-order chi connectivity index (χ0) is 24.1. The van der Waals surface area contributed by atoms with Gasteiger partial charge in [-0.3, -0.25) is 14.9 Å². The summed E-state index contributed by atoms with van der Waals surface area (Å²) in [6.45, 7) is 3.32. The number of nitrogens with one attached hydrogen (secondary N) is 2. The Labute approximate surface area is 197 Å². The first-order valence-electron chi connectivity index (χ1n) is 10.8. The number of carbonyl (C=O) groups excluding carboxylic acids is 3. The van der Waals surface area contributed by atoms with Crippen LogP contribution in [0, 0.1) is 6.92 Å². The number of Topliss-reactive ketones (excluding diaryl/α,β-unsaturated/α-hetero) is 1. The standard InChI is InChI=1S/C28H23N3O3/c1-18-8-6-7-11-25(18)30-28(34)31-27(33)24-17-22(14-12-20-9-4-3-5-10-20)29-26-15-13-21(19(2)32)16-23(24)26/h3-17H,1-2H3,(H2,30,31,33,34)/b14-12+. The summed E-state index contributed by atoms with van der Waals surface area (Å²) in [5.74, 6) is -0.716. The third kappa shape index (κ3) is 5.24. The number of imide groups is 1. The summed E-state index contributed by atoms with van der Waals surface area (Å²) in [4.78, 5) is 42.2. The fourth-order valence-corrected chi connectivity index (χ4v) is 3.52. The van der Waals surface area contributed by atoms with Crippen molar-refractivity contribution in [2.45, 2.75) is 13.8 Å². The first-order valence-corrected chi connectivity index (χ1v) is 10.8. The summed E-state index contributed by atoms with van der Waals surface area (Å²) >= 11 is 0. The highest BCUT2D eigenvalue weighted by Gasteiger charge is 2.17.